The summed E-state index contributed by atoms with van der Waals surface area (Å²) in [4.78, 5) is 0. The lowest BCUT2D eigenvalue weighted by molar-refractivity contribution is 0.144. The van der Waals surface area contributed by atoms with E-state index in [1.54, 1.807) is 0 Å². The molecule has 0 aliphatic heterocycles. The van der Waals surface area contributed by atoms with Crippen LogP contribution in [-0.2, 0) is 0 Å². The highest BCUT2D eigenvalue weighted by Gasteiger charge is 2.32. The maximum absolute atomic E-state index is 9.32. The summed E-state index contributed by atoms with van der Waals surface area (Å²) in [6.45, 7) is 8.84. The van der Waals surface area contributed by atoms with Crippen LogP contribution < -0.4 is 0 Å². The third kappa shape index (κ3) is 2.84. The molecule has 1 N–H and O–H groups in total. The maximum Gasteiger partial charge on any atom is 0.0512 e. The molecule has 0 aromatic rings. The Morgan fingerprint density at radius 2 is 2.21 bits per heavy atom. The lowest BCUT2D eigenvalue weighted by Gasteiger charge is -2.38. The Morgan fingerprint density at radius 3 is 2.71 bits per heavy atom. The molecule has 1 rings (SSSR count). The highest BCUT2D eigenvalue weighted by Crippen LogP contribution is 2.43. The van der Waals surface area contributed by atoms with Crippen molar-refractivity contribution in [3.63, 3.8) is 0 Å². The summed E-state index contributed by atoms with van der Waals surface area (Å²) < 4.78 is 0. The van der Waals surface area contributed by atoms with E-state index in [1.165, 1.54) is 18.4 Å². The van der Waals surface area contributed by atoms with Crippen LogP contribution in [0.5, 0.6) is 0 Å². The predicted octanol–water partition coefficient (Wildman–Crippen LogP) is 3.53. The molecule has 0 aromatic carbocycles. The quantitative estimate of drug-likeness (QED) is 0.685. The molecule has 0 heterocycles. The van der Waals surface area contributed by atoms with E-state index in [2.05, 4.69) is 26.8 Å². The summed E-state index contributed by atoms with van der Waals surface area (Å²) >= 11 is 0. The van der Waals surface area contributed by atoms with Crippen molar-refractivity contribution in [1.29, 1.82) is 0 Å². The highest BCUT2D eigenvalue weighted by molar-refractivity contribution is 5.11. The standard InChI is InChI=1S/C13H24O/c1-10-6-5-9-13(3,4)12(10)8-7-11(2)14/h6,11-12,14H,5,7-9H2,1-4H3/t11-,12+/m0/s1. The smallest absolute Gasteiger partial charge is 0.0512 e. The Bertz CT molecular complexity index is 213. The molecule has 1 aliphatic rings. The summed E-state index contributed by atoms with van der Waals surface area (Å²) in [6.07, 6.45) is 6.80. The van der Waals surface area contributed by atoms with Crippen molar-refractivity contribution >= 4 is 0 Å². The summed E-state index contributed by atoms with van der Waals surface area (Å²) in [5, 5.41) is 9.32. The zero-order valence-corrected chi connectivity index (χ0v) is 10.0. The fourth-order valence-corrected chi connectivity index (χ4v) is 2.63. The van der Waals surface area contributed by atoms with Gasteiger partial charge in [-0.2, -0.15) is 0 Å². The van der Waals surface area contributed by atoms with Crippen molar-refractivity contribution in [3.8, 4) is 0 Å². The average molecular weight is 196 g/mol. The van der Waals surface area contributed by atoms with E-state index in [0.717, 1.165) is 12.8 Å². The Labute approximate surface area is 88.2 Å². The largest absolute Gasteiger partial charge is 0.393 e. The first kappa shape index (κ1) is 11.8. The molecule has 0 fully saturated rings. The van der Waals surface area contributed by atoms with E-state index in [4.69, 9.17) is 0 Å². The minimum absolute atomic E-state index is 0.152. The molecule has 1 aliphatic carbocycles. The summed E-state index contributed by atoms with van der Waals surface area (Å²) in [7, 11) is 0. The second-order valence-corrected chi connectivity index (χ2v) is 5.45. The number of hydrogen-bond donors (Lipinski definition) is 1. The van der Waals surface area contributed by atoms with Gasteiger partial charge in [0, 0.05) is 0 Å². The van der Waals surface area contributed by atoms with Crippen LogP contribution in [0, 0.1) is 11.3 Å². The summed E-state index contributed by atoms with van der Waals surface area (Å²) in [5.74, 6) is 0.672. The van der Waals surface area contributed by atoms with Gasteiger partial charge in [0.1, 0.15) is 0 Å². The molecule has 0 bridgehead atoms. The second-order valence-electron chi connectivity index (χ2n) is 5.45. The number of rotatable bonds is 3. The Kier molecular flexibility index (Phi) is 3.77. The van der Waals surface area contributed by atoms with Crippen LogP contribution in [0.1, 0.15) is 53.4 Å². The van der Waals surface area contributed by atoms with Gasteiger partial charge >= 0.3 is 0 Å². The molecule has 0 spiro atoms. The van der Waals surface area contributed by atoms with Gasteiger partial charge in [-0.15, -0.1) is 0 Å². The second kappa shape index (κ2) is 4.48. The van der Waals surface area contributed by atoms with E-state index in [0.29, 0.717) is 11.3 Å². The van der Waals surface area contributed by atoms with Gasteiger partial charge in [0.15, 0.2) is 0 Å². The van der Waals surface area contributed by atoms with Gasteiger partial charge in [0.2, 0.25) is 0 Å². The lowest BCUT2D eigenvalue weighted by Crippen LogP contribution is -2.28. The van der Waals surface area contributed by atoms with Gasteiger partial charge in [-0.05, 0) is 50.9 Å². The van der Waals surface area contributed by atoms with Crippen LogP contribution >= 0.6 is 0 Å². The van der Waals surface area contributed by atoms with E-state index < -0.39 is 0 Å². The van der Waals surface area contributed by atoms with Crippen molar-refractivity contribution < 1.29 is 5.11 Å². The van der Waals surface area contributed by atoms with Gasteiger partial charge in [0.25, 0.3) is 0 Å². The van der Waals surface area contributed by atoms with E-state index in [9.17, 15) is 5.11 Å². The SMILES string of the molecule is CC1=CCCC(C)(C)[C@@H]1CC[C@H](C)O. The average Bonchev–Trinajstić information content (AvgIpc) is 2.01. The topological polar surface area (TPSA) is 20.2 Å². The van der Waals surface area contributed by atoms with Crippen molar-refractivity contribution in [2.75, 3.05) is 0 Å². The van der Waals surface area contributed by atoms with Crippen LogP contribution in [0.25, 0.3) is 0 Å². The van der Waals surface area contributed by atoms with Gasteiger partial charge in [-0.3, -0.25) is 0 Å². The normalized spacial score (nSPS) is 28.4. The molecule has 82 valence electrons. The third-order valence-electron chi connectivity index (χ3n) is 3.62. The van der Waals surface area contributed by atoms with E-state index >= 15 is 0 Å². The van der Waals surface area contributed by atoms with Crippen LogP contribution in [0.3, 0.4) is 0 Å². The van der Waals surface area contributed by atoms with Gasteiger partial charge in [-0.25, -0.2) is 0 Å². The van der Waals surface area contributed by atoms with Crippen molar-refractivity contribution in [2.45, 2.75) is 59.5 Å². The minimum atomic E-state index is -0.152. The molecular weight excluding hydrogens is 172 g/mol. The number of aliphatic hydroxyl groups excluding tert-OH is 1. The maximum atomic E-state index is 9.32. The van der Waals surface area contributed by atoms with Gasteiger partial charge < -0.3 is 5.11 Å². The van der Waals surface area contributed by atoms with E-state index in [1.807, 2.05) is 6.92 Å². The van der Waals surface area contributed by atoms with Gasteiger partial charge in [0.05, 0.1) is 6.10 Å². The fraction of sp³-hybridized carbons (Fsp3) is 0.846. The Hall–Kier alpha value is -0.300. The predicted molar refractivity (Wildman–Crippen MR) is 61.2 cm³/mol. The summed E-state index contributed by atoms with van der Waals surface area (Å²) in [6, 6.07) is 0. The molecule has 14 heavy (non-hydrogen) atoms. The first-order valence-corrected chi connectivity index (χ1v) is 5.78. The van der Waals surface area contributed by atoms with Crippen LogP contribution in [-0.4, -0.2) is 11.2 Å². The lowest BCUT2D eigenvalue weighted by atomic mass is 9.67. The highest BCUT2D eigenvalue weighted by atomic mass is 16.3. The number of hydrogen-bond acceptors (Lipinski definition) is 1. The zero-order valence-electron chi connectivity index (χ0n) is 10.0. The first-order valence-electron chi connectivity index (χ1n) is 5.78. The molecule has 0 saturated carbocycles. The molecule has 0 amide bonds. The van der Waals surface area contributed by atoms with Crippen LogP contribution in [0.15, 0.2) is 11.6 Å². The molecule has 0 unspecified atom stereocenters. The van der Waals surface area contributed by atoms with Crippen LogP contribution in [0.4, 0.5) is 0 Å². The van der Waals surface area contributed by atoms with Crippen molar-refractivity contribution in [1.82, 2.24) is 0 Å². The van der Waals surface area contributed by atoms with Crippen molar-refractivity contribution in [2.24, 2.45) is 11.3 Å². The third-order valence-corrected chi connectivity index (χ3v) is 3.62. The van der Waals surface area contributed by atoms with Crippen molar-refractivity contribution in [3.05, 3.63) is 11.6 Å². The Morgan fingerprint density at radius 1 is 1.57 bits per heavy atom. The van der Waals surface area contributed by atoms with Crippen LogP contribution in [0.2, 0.25) is 0 Å². The minimum Gasteiger partial charge on any atom is -0.393 e. The molecule has 0 aromatic heterocycles. The number of allylic oxidation sites excluding steroid dienone is 2. The first-order chi connectivity index (χ1) is 6.43. The monoisotopic (exact) mass is 196 g/mol. The molecular formula is C13H24O. The molecule has 1 nitrogen and oxygen atoms in total. The summed E-state index contributed by atoms with van der Waals surface area (Å²) in [5.41, 5.74) is 1.95. The molecule has 0 radical (unpaired) electrons. The fourth-order valence-electron chi connectivity index (χ4n) is 2.63. The van der Waals surface area contributed by atoms with E-state index in [-0.39, 0.29) is 6.10 Å². The number of aliphatic hydroxyl groups is 1. The van der Waals surface area contributed by atoms with Gasteiger partial charge in [-0.1, -0.05) is 25.5 Å². The molecule has 1 heteroatoms. The Balaban J connectivity index is 2.62. The molecule has 2 atom stereocenters. The zero-order chi connectivity index (χ0) is 10.8. The molecule has 0 saturated heterocycles.